The highest BCUT2D eigenvalue weighted by molar-refractivity contribution is 7.17. The number of amides is 1. The molecule has 0 spiro atoms. The van der Waals surface area contributed by atoms with Gasteiger partial charge in [0.05, 0.1) is 25.0 Å². The summed E-state index contributed by atoms with van der Waals surface area (Å²) in [6.45, 7) is 6.99. The zero-order valence-electron chi connectivity index (χ0n) is 20.5. The van der Waals surface area contributed by atoms with Gasteiger partial charge in [-0.25, -0.2) is 9.78 Å². The SMILES string of the molecule is Cc1ccc(C(=O)Nc2cccc(C(F)(F)F)c2)cc1N.O=C(O)c1cnc(NCCN2CCOCC2)s1. The van der Waals surface area contributed by atoms with Crippen molar-refractivity contribution in [3.63, 3.8) is 0 Å². The molecule has 1 aromatic heterocycles. The van der Waals surface area contributed by atoms with Crippen LogP contribution in [0.2, 0.25) is 0 Å². The number of nitrogens with two attached hydrogens (primary N) is 1. The van der Waals surface area contributed by atoms with Gasteiger partial charge in [0, 0.05) is 43.1 Å². The summed E-state index contributed by atoms with van der Waals surface area (Å²) in [5.41, 5.74) is 6.53. The second-order valence-electron chi connectivity index (χ2n) is 8.32. The smallest absolute Gasteiger partial charge is 0.416 e. The highest BCUT2D eigenvalue weighted by atomic mass is 32.1. The van der Waals surface area contributed by atoms with Gasteiger partial charge in [-0.1, -0.05) is 23.5 Å². The minimum absolute atomic E-state index is 0.0778. The van der Waals surface area contributed by atoms with Crippen LogP contribution in [0.3, 0.4) is 0 Å². The number of thiazole rings is 1. The number of carbonyl (C=O) groups is 2. The maximum absolute atomic E-state index is 12.6. The summed E-state index contributed by atoms with van der Waals surface area (Å²) >= 11 is 1.16. The highest BCUT2D eigenvalue weighted by Crippen LogP contribution is 2.30. The van der Waals surface area contributed by atoms with E-state index >= 15 is 0 Å². The number of carbonyl (C=O) groups excluding carboxylic acids is 1. The van der Waals surface area contributed by atoms with Crippen LogP contribution in [-0.2, 0) is 10.9 Å². The Morgan fingerprint density at radius 3 is 2.55 bits per heavy atom. The van der Waals surface area contributed by atoms with Crippen LogP contribution in [0.25, 0.3) is 0 Å². The van der Waals surface area contributed by atoms with Crippen molar-refractivity contribution in [2.24, 2.45) is 0 Å². The second-order valence-corrected chi connectivity index (χ2v) is 9.35. The van der Waals surface area contributed by atoms with Crippen LogP contribution in [0.5, 0.6) is 0 Å². The van der Waals surface area contributed by atoms with E-state index in [0.717, 1.165) is 68.4 Å². The summed E-state index contributed by atoms with van der Waals surface area (Å²) in [5.74, 6) is -1.44. The molecule has 13 heteroatoms. The summed E-state index contributed by atoms with van der Waals surface area (Å²) in [4.78, 5) is 29.2. The lowest BCUT2D eigenvalue weighted by molar-refractivity contribution is -0.137. The van der Waals surface area contributed by atoms with Crippen LogP contribution in [0.1, 0.15) is 31.2 Å². The summed E-state index contributed by atoms with van der Waals surface area (Å²) < 4.78 is 43.0. The third kappa shape index (κ3) is 8.71. The van der Waals surface area contributed by atoms with Gasteiger partial charge in [0.2, 0.25) is 0 Å². The summed E-state index contributed by atoms with van der Waals surface area (Å²) in [6.07, 6.45) is -3.07. The Kier molecular flexibility index (Phi) is 10.0. The Labute approximate surface area is 221 Å². The van der Waals surface area contributed by atoms with Gasteiger partial charge in [-0.2, -0.15) is 13.2 Å². The average Bonchev–Trinajstić information content (AvgIpc) is 3.36. The van der Waals surface area contributed by atoms with Crippen molar-refractivity contribution in [2.45, 2.75) is 13.1 Å². The predicted octanol–water partition coefficient (Wildman–Crippen LogP) is 4.43. The first-order valence-electron chi connectivity index (χ1n) is 11.6. The minimum Gasteiger partial charge on any atom is -0.477 e. The number of halogens is 3. The number of morpholine rings is 1. The Balaban J connectivity index is 0.000000215. The number of hydrogen-bond donors (Lipinski definition) is 4. The predicted molar refractivity (Wildman–Crippen MR) is 140 cm³/mol. The monoisotopic (exact) mass is 551 g/mol. The number of anilines is 3. The van der Waals surface area contributed by atoms with Gasteiger partial charge in [0.1, 0.15) is 4.88 Å². The number of benzene rings is 2. The number of aromatic nitrogens is 1. The molecular formula is C25H28F3N5O4S. The zero-order chi connectivity index (χ0) is 27.7. The molecule has 0 atom stereocenters. The molecule has 1 aliphatic rings. The van der Waals surface area contributed by atoms with E-state index in [9.17, 15) is 22.8 Å². The third-order valence-electron chi connectivity index (χ3n) is 5.51. The van der Waals surface area contributed by atoms with E-state index in [0.29, 0.717) is 10.8 Å². The molecule has 0 bridgehead atoms. The molecular weight excluding hydrogens is 523 g/mol. The number of nitrogen functional groups attached to an aromatic ring is 1. The van der Waals surface area contributed by atoms with Crippen LogP contribution in [0, 0.1) is 6.92 Å². The van der Waals surface area contributed by atoms with Crippen molar-refractivity contribution in [3.8, 4) is 0 Å². The highest BCUT2D eigenvalue weighted by Gasteiger charge is 2.30. The molecule has 204 valence electrons. The molecule has 9 nitrogen and oxygen atoms in total. The van der Waals surface area contributed by atoms with E-state index < -0.39 is 23.6 Å². The molecule has 1 saturated heterocycles. The lowest BCUT2D eigenvalue weighted by Crippen LogP contribution is -2.38. The fraction of sp³-hybridized carbons (Fsp3) is 0.320. The zero-order valence-corrected chi connectivity index (χ0v) is 21.4. The first kappa shape index (κ1) is 28.9. The van der Waals surface area contributed by atoms with Gasteiger partial charge in [-0.05, 0) is 42.8 Å². The second kappa shape index (κ2) is 13.2. The molecule has 1 fully saturated rings. The number of carboxylic acid groups (broad SMARTS) is 1. The molecule has 38 heavy (non-hydrogen) atoms. The normalized spacial score (nSPS) is 13.8. The molecule has 4 rings (SSSR count). The van der Waals surface area contributed by atoms with Crippen LogP contribution in [-0.4, -0.2) is 66.3 Å². The van der Waals surface area contributed by atoms with Gasteiger partial charge >= 0.3 is 12.1 Å². The Hall–Kier alpha value is -3.68. The number of aromatic carboxylic acids is 1. The summed E-state index contributed by atoms with van der Waals surface area (Å²) in [6, 6.07) is 9.19. The third-order valence-corrected chi connectivity index (χ3v) is 6.46. The minimum atomic E-state index is -4.45. The molecule has 0 saturated carbocycles. The Morgan fingerprint density at radius 2 is 1.92 bits per heavy atom. The maximum atomic E-state index is 12.6. The van der Waals surface area contributed by atoms with Crippen LogP contribution in [0.4, 0.5) is 29.7 Å². The van der Waals surface area contributed by atoms with Crippen molar-refractivity contribution in [1.29, 1.82) is 0 Å². The lowest BCUT2D eigenvalue weighted by Gasteiger charge is -2.26. The van der Waals surface area contributed by atoms with Crippen molar-refractivity contribution in [2.75, 3.05) is 55.8 Å². The number of nitrogens with zero attached hydrogens (tertiary/aromatic N) is 2. The number of carboxylic acids is 1. The van der Waals surface area contributed by atoms with Gasteiger partial charge in [-0.15, -0.1) is 0 Å². The first-order chi connectivity index (χ1) is 18.0. The molecule has 0 radical (unpaired) electrons. The number of aryl methyl sites for hydroxylation is 1. The molecule has 0 aliphatic carbocycles. The van der Waals surface area contributed by atoms with Gasteiger partial charge in [0.25, 0.3) is 5.91 Å². The number of nitrogens with one attached hydrogen (secondary N) is 2. The van der Waals surface area contributed by atoms with Crippen molar-refractivity contribution in [3.05, 3.63) is 70.2 Å². The van der Waals surface area contributed by atoms with Gasteiger partial charge in [0.15, 0.2) is 5.13 Å². The largest absolute Gasteiger partial charge is 0.477 e. The van der Waals surface area contributed by atoms with E-state index in [2.05, 4.69) is 20.5 Å². The number of alkyl halides is 3. The summed E-state index contributed by atoms with van der Waals surface area (Å²) in [5, 5.41) is 15.0. The van der Waals surface area contributed by atoms with E-state index in [4.69, 9.17) is 15.6 Å². The van der Waals surface area contributed by atoms with Crippen LogP contribution < -0.4 is 16.4 Å². The van der Waals surface area contributed by atoms with Crippen LogP contribution in [0.15, 0.2) is 48.7 Å². The van der Waals surface area contributed by atoms with E-state index in [1.54, 1.807) is 19.1 Å². The fourth-order valence-corrected chi connectivity index (χ4v) is 4.04. The van der Waals surface area contributed by atoms with Crippen molar-refractivity contribution >= 4 is 39.7 Å². The molecule has 3 aromatic rings. The molecule has 0 unspecified atom stereocenters. The van der Waals surface area contributed by atoms with E-state index in [1.807, 2.05) is 0 Å². The first-order valence-corrected chi connectivity index (χ1v) is 12.4. The van der Waals surface area contributed by atoms with E-state index in [1.165, 1.54) is 24.4 Å². The number of ether oxygens (including phenoxy) is 1. The quantitative estimate of drug-likeness (QED) is 0.317. The standard InChI is InChI=1S/C15H13F3N2O.C10H15N3O3S/c1-9-5-6-10(7-13(9)19)14(21)20-12-4-2-3-11(8-12)15(16,17)18;14-9(15)8-7-12-10(17-8)11-1-2-13-3-5-16-6-4-13/h2-8H,19H2,1H3,(H,20,21);7H,1-6H2,(H,11,12)(H,14,15). The molecule has 1 amide bonds. The summed E-state index contributed by atoms with van der Waals surface area (Å²) in [7, 11) is 0. The van der Waals surface area contributed by atoms with Gasteiger partial charge < -0.3 is 26.2 Å². The molecule has 5 N–H and O–H groups in total. The van der Waals surface area contributed by atoms with Crippen molar-refractivity contribution < 1.29 is 32.6 Å². The molecule has 2 heterocycles. The maximum Gasteiger partial charge on any atom is 0.416 e. The van der Waals surface area contributed by atoms with Crippen molar-refractivity contribution in [1.82, 2.24) is 9.88 Å². The molecule has 2 aromatic carbocycles. The van der Waals surface area contributed by atoms with E-state index in [-0.39, 0.29) is 16.1 Å². The average molecular weight is 552 g/mol. The lowest BCUT2D eigenvalue weighted by atomic mass is 10.1. The van der Waals surface area contributed by atoms with Crippen LogP contribution >= 0.6 is 11.3 Å². The Bertz CT molecular complexity index is 1250. The Morgan fingerprint density at radius 1 is 1.18 bits per heavy atom. The number of hydrogen-bond acceptors (Lipinski definition) is 8. The topological polar surface area (TPSA) is 130 Å². The number of rotatable bonds is 7. The van der Waals surface area contributed by atoms with Gasteiger partial charge in [-0.3, -0.25) is 9.69 Å². The fourth-order valence-electron chi connectivity index (χ4n) is 3.36. The molecule has 1 aliphatic heterocycles.